The van der Waals surface area contributed by atoms with E-state index in [1.165, 1.54) is 0 Å². The van der Waals surface area contributed by atoms with Gasteiger partial charge in [0.25, 0.3) is 0 Å². The lowest BCUT2D eigenvalue weighted by Crippen LogP contribution is -2.47. The van der Waals surface area contributed by atoms with Crippen molar-refractivity contribution in [2.24, 2.45) is 0 Å². The Kier molecular flexibility index (Phi) is 5.13. The number of nitrogens with one attached hydrogen (secondary N) is 1. The molecule has 1 N–H and O–H groups in total. The average Bonchev–Trinajstić information content (AvgIpc) is 3.03. The summed E-state index contributed by atoms with van der Waals surface area (Å²) in [7, 11) is 0. The van der Waals surface area contributed by atoms with Gasteiger partial charge in [0.1, 0.15) is 0 Å². The Morgan fingerprint density at radius 1 is 1.12 bits per heavy atom. The van der Waals surface area contributed by atoms with E-state index < -0.39 is 11.8 Å². The molecule has 7 heteroatoms. The Balaban J connectivity index is 1.75. The second-order valence-corrected chi connectivity index (χ2v) is 7.10. The number of likely N-dealkylation sites (N-methyl/N-ethyl adjacent to an activating group) is 1. The van der Waals surface area contributed by atoms with Gasteiger partial charge in [-0.15, -0.1) is 0 Å². The van der Waals surface area contributed by atoms with Crippen LogP contribution in [0.5, 0.6) is 0 Å². The molecule has 3 rings (SSSR count). The van der Waals surface area contributed by atoms with Gasteiger partial charge in [0.15, 0.2) is 0 Å². The molecule has 138 valence electrons. The van der Waals surface area contributed by atoms with Crippen LogP contribution < -0.4 is 5.32 Å². The summed E-state index contributed by atoms with van der Waals surface area (Å²) in [5, 5.41) is 7.22. The van der Waals surface area contributed by atoms with E-state index >= 15 is 0 Å². The van der Waals surface area contributed by atoms with Crippen LogP contribution in [-0.4, -0.2) is 63.1 Å². The summed E-state index contributed by atoms with van der Waals surface area (Å²) in [6, 6.07) is 0.353. The lowest BCUT2D eigenvalue weighted by atomic mass is 10.1. The van der Waals surface area contributed by atoms with Crippen LogP contribution in [0.1, 0.15) is 44.5 Å². The van der Waals surface area contributed by atoms with E-state index in [1.807, 2.05) is 30.4 Å². The van der Waals surface area contributed by atoms with Crippen molar-refractivity contribution < 1.29 is 9.59 Å². The number of amides is 2. The van der Waals surface area contributed by atoms with Gasteiger partial charge in [0.05, 0.1) is 17.1 Å². The molecule has 0 saturated carbocycles. The average molecular weight is 347 g/mol. The van der Waals surface area contributed by atoms with Crippen molar-refractivity contribution in [1.29, 1.82) is 0 Å². The third-order valence-electron chi connectivity index (χ3n) is 5.66. The molecule has 1 aromatic rings. The van der Waals surface area contributed by atoms with E-state index in [0.29, 0.717) is 5.69 Å². The number of rotatable bonds is 3. The van der Waals surface area contributed by atoms with Crippen LogP contribution in [0.3, 0.4) is 0 Å². The first-order valence-electron chi connectivity index (χ1n) is 9.36. The molecule has 0 radical (unpaired) electrons. The molecule has 2 aliphatic heterocycles. The minimum Gasteiger partial charge on any atom is -0.327 e. The molecule has 0 aliphatic carbocycles. The molecule has 25 heavy (non-hydrogen) atoms. The maximum Gasteiger partial charge on any atom is 0.314 e. The quantitative estimate of drug-likeness (QED) is 0.842. The zero-order chi connectivity index (χ0) is 18.1. The number of aryl methyl sites for hydroxylation is 2. The maximum atomic E-state index is 12.9. The van der Waals surface area contributed by atoms with Gasteiger partial charge in [-0.3, -0.25) is 14.3 Å². The van der Waals surface area contributed by atoms with Crippen molar-refractivity contribution in [2.75, 3.05) is 25.0 Å². The number of anilines is 1. The van der Waals surface area contributed by atoms with Crippen LogP contribution in [-0.2, 0) is 16.1 Å². The molecule has 2 bridgehead atoms. The standard InChI is InChI=1S/C18H29N5O2/c1-5-21-10-9-14-7-8-15(11-21)23(14)18(25)17(24)19-16-12(3)20-22(6-2)13(16)4/h14-15H,5-11H2,1-4H3,(H,19,24). The molecular formula is C18H29N5O2. The fourth-order valence-electron chi connectivity index (χ4n) is 4.23. The van der Waals surface area contributed by atoms with Crippen molar-refractivity contribution in [2.45, 2.75) is 65.6 Å². The fourth-order valence-corrected chi connectivity index (χ4v) is 4.23. The third kappa shape index (κ3) is 3.29. The predicted molar refractivity (Wildman–Crippen MR) is 96.4 cm³/mol. The van der Waals surface area contributed by atoms with Crippen LogP contribution in [0.25, 0.3) is 0 Å². The number of fused-ring (bicyclic) bond motifs is 2. The Hall–Kier alpha value is -1.89. The van der Waals surface area contributed by atoms with Gasteiger partial charge in [-0.2, -0.15) is 5.10 Å². The third-order valence-corrected chi connectivity index (χ3v) is 5.66. The van der Waals surface area contributed by atoms with Gasteiger partial charge >= 0.3 is 11.8 Å². The van der Waals surface area contributed by atoms with Gasteiger partial charge in [-0.1, -0.05) is 6.92 Å². The van der Waals surface area contributed by atoms with Crippen molar-refractivity contribution >= 4 is 17.5 Å². The Morgan fingerprint density at radius 2 is 1.84 bits per heavy atom. The molecule has 2 atom stereocenters. The van der Waals surface area contributed by atoms with Crippen LogP contribution in [0.2, 0.25) is 0 Å². The number of carbonyl (C=O) groups is 2. The Morgan fingerprint density at radius 3 is 2.48 bits per heavy atom. The number of hydrogen-bond acceptors (Lipinski definition) is 4. The van der Waals surface area contributed by atoms with E-state index in [4.69, 9.17) is 0 Å². The van der Waals surface area contributed by atoms with Gasteiger partial charge in [0.2, 0.25) is 0 Å². The monoisotopic (exact) mass is 347 g/mol. The molecule has 0 aromatic carbocycles. The van der Waals surface area contributed by atoms with Crippen molar-refractivity contribution in [3.8, 4) is 0 Å². The van der Waals surface area contributed by atoms with Crippen molar-refractivity contribution in [1.82, 2.24) is 19.6 Å². The summed E-state index contributed by atoms with van der Waals surface area (Å²) in [4.78, 5) is 29.7. The largest absolute Gasteiger partial charge is 0.327 e. The summed E-state index contributed by atoms with van der Waals surface area (Å²) in [6.07, 6.45) is 2.95. The summed E-state index contributed by atoms with van der Waals surface area (Å²) >= 11 is 0. The summed E-state index contributed by atoms with van der Waals surface area (Å²) in [5.41, 5.74) is 2.30. The molecule has 2 saturated heterocycles. The summed E-state index contributed by atoms with van der Waals surface area (Å²) in [5.74, 6) is -0.933. The molecule has 2 unspecified atom stereocenters. The van der Waals surface area contributed by atoms with Gasteiger partial charge in [-0.05, 0) is 46.6 Å². The Labute approximate surface area is 149 Å². The van der Waals surface area contributed by atoms with Crippen molar-refractivity contribution in [3.63, 3.8) is 0 Å². The minimum absolute atomic E-state index is 0.159. The van der Waals surface area contributed by atoms with E-state index in [2.05, 4.69) is 22.2 Å². The number of hydrogen-bond donors (Lipinski definition) is 1. The fraction of sp³-hybridized carbons (Fsp3) is 0.722. The van der Waals surface area contributed by atoms with Crippen molar-refractivity contribution in [3.05, 3.63) is 11.4 Å². The normalized spacial score (nSPS) is 23.6. The second-order valence-electron chi connectivity index (χ2n) is 7.10. The van der Waals surface area contributed by atoms with Gasteiger partial charge in [0, 0.05) is 31.7 Å². The lowest BCUT2D eigenvalue weighted by Gasteiger charge is -2.28. The molecule has 3 heterocycles. The van der Waals surface area contributed by atoms with Crippen LogP contribution in [0.4, 0.5) is 5.69 Å². The van der Waals surface area contributed by atoms with Crippen LogP contribution >= 0.6 is 0 Å². The number of nitrogens with zero attached hydrogens (tertiary/aromatic N) is 4. The first-order valence-corrected chi connectivity index (χ1v) is 9.36. The van der Waals surface area contributed by atoms with Gasteiger partial charge < -0.3 is 15.1 Å². The first-order chi connectivity index (χ1) is 12.0. The summed E-state index contributed by atoms with van der Waals surface area (Å²) < 4.78 is 1.84. The molecule has 0 spiro atoms. The maximum absolute atomic E-state index is 12.9. The molecule has 2 aliphatic rings. The molecule has 7 nitrogen and oxygen atoms in total. The molecule has 1 aromatic heterocycles. The number of aromatic nitrogens is 2. The zero-order valence-electron chi connectivity index (χ0n) is 15.7. The predicted octanol–water partition coefficient (Wildman–Crippen LogP) is 1.54. The number of carbonyl (C=O) groups excluding carboxylic acids is 2. The molecular weight excluding hydrogens is 318 g/mol. The van der Waals surface area contributed by atoms with E-state index in [1.54, 1.807) is 0 Å². The highest BCUT2D eigenvalue weighted by atomic mass is 16.2. The Bertz CT molecular complexity index is 669. The van der Waals surface area contributed by atoms with E-state index in [9.17, 15) is 9.59 Å². The SMILES string of the molecule is CCN1CCC2CCC(C1)N2C(=O)C(=O)Nc1c(C)nn(CC)c1C. The summed E-state index contributed by atoms with van der Waals surface area (Å²) in [6.45, 7) is 11.5. The van der Waals surface area contributed by atoms with Crippen LogP contribution in [0, 0.1) is 13.8 Å². The molecule has 2 fully saturated rings. The van der Waals surface area contributed by atoms with E-state index in [-0.39, 0.29) is 12.1 Å². The smallest absolute Gasteiger partial charge is 0.314 e. The highest BCUT2D eigenvalue weighted by molar-refractivity contribution is 6.39. The topological polar surface area (TPSA) is 70.5 Å². The molecule has 2 amide bonds. The zero-order valence-corrected chi connectivity index (χ0v) is 15.7. The van der Waals surface area contributed by atoms with Crippen LogP contribution in [0.15, 0.2) is 0 Å². The minimum atomic E-state index is -0.538. The number of likely N-dealkylation sites (tertiary alicyclic amines) is 1. The second kappa shape index (κ2) is 7.15. The highest BCUT2D eigenvalue weighted by Crippen LogP contribution is 2.30. The highest BCUT2D eigenvalue weighted by Gasteiger charge is 2.42. The van der Waals surface area contributed by atoms with E-state index in [0.717, 1.165) is 56.8 Å². The first kappa shape index (κ1) is 17.9. The lowest BCUT2D eigenvalue weighted by molar-refractivity contribution is -0.145. The van der Waals surface area contributed by atoms with Gasteiger partial charge in [-0.25, -0.2) is 0 Å².